The molecule has 2 aromatic heterocycles. The van der Waals surface area contributed by atoms with Crippen molar-refractivity contribution < 1.29 is 14.0 Å². The highest BCUT2D eigenvalue weighted by molar-refractivity contribution is 6.74. The highest BCUT2D eigenvalue weighted by atomic mass is 28.4. The second kappa shape index (κ2) is 11.0. The van der Waals surface area contributed by atoms with Crippen LogP contribution in [0.15, 0.2) is 30.6 Å². The minimum Gasteiger partial charge on any atom is -0.479 e. The maximum atomic E-state index is 11.5. The van der Waals surface area contributed by atoms with Gasteiger partial charge < -0.3 is 24.1 Å². The summed E-state index contributed by atoms with van der Waals surface area (Å²) in [5, 5.41) is 13.3. The van der Waals surface area contributed by atoms with Crippen LogP contribution in [-0.4, -0.2) is 62.1 Å². The number of ether oxygens (including phenoxy) is 1. The van der Waals surface area contributed by atoms with Crippen molar-refractivity contribution in [2.75, 3.05) is 30.4 Å². The molecule has 1 aliphatic rings. The van der Waals surface area contributed by atoms with Gasteiger partial charge in [-0.05, 0) is 48.8 Å². The second-order valence-electron chi connectivity index (χ2n) is 11.8. The lowest BCUT2D eigenvalue weighted by atomic mass is 9.83. The van der Waals surface area contributed by atoms with Gasteiger partial charge in [0.05, 0.1) is 24.6 Å². The molecule has 0 aliphatic carbocycles. The van der Waals surface area contributed by atoms with Crippen molar-refractivity contribution in [2.45, 2.75) is 58.2 Å². The van der Waals surface area contributed by atoms with Crippen LogP contribution in [0.5, 0.6) is 5.88 Å². The number of aromatic nitrogens is 4. The first-order chi connectivity index (χ1) is 18.8. The quantitative estimate of drug-likeness (QED) is 0.291. The number of carbonyl (C=O) groups excluding carboxylic acids is 1. The van der Waals surface area contributed by atoms with E-state index in [-0.39, 0.29) is 5.04 Å². The van der Waals surface area contributed by atoms with Crippen LogP contribution in [0.2, 0.25) is 18.1 Å². The van der Waals surface area contributed by atoms with Crippen LogP contribution in [0.4, 0.5) is 17.3 Å². The maximum Gasteiger partial charge on any atom is 0.329 e. The molecular weight excluding hydrogens is 521 g/mol. The molecule has 12 heteroatoms. The van der Waals surface area contributed by atoms with Crippen LogP contribution in [0.1, 0.15) is 44.6 Å². The molecule has 0 bridgehead atoms. The number of fused-ring (bicyclic) bond motifs is 1. The number of anilines is 3. The van der Waals surface area contributed by atoms with Gasteiger partial charge in [-0.3, -0.25) is 0 Å². The highest BCUT2D eigenvalue weighted by Crippen LogP contribution is 2.46. The third-order valence-corrected chi connectivity index (χ3v) is 12.2. The number of hydrogen-bond acceptors (Lipinski definition) is 10. The summed E-state index contributed by atoms with van der Waals surface area (Å²) in [7, 11) is 0.974. The van der Waals surface area contributed by atoms with Crippen LogP contribution in [-0.2, 0) is 14.6 Å². The van der Waals surface area contributed by atoms with E-state index in [4.69, 9.17) is 14.1 Å². The lowest BCUT2D eigenvalue weighted by Crippen LogP contribution is -2.46. The molecule has 1 atom stereocenters. The molecule has 0 saturated heterocycles. The van der Waals surface area contributed by atoms with Crippen LogP contribution in [0.25, 0.3) is 11.3 Å². The second-order valence-corrected chi connectivity index (χ2v) is 16.6. The Morgan fingerprint density at radius 1 is 1.27 bits per heavy atom. The van der Waals surface area contributed by atoms with E-state index >= 15 is 0 Å². The van der Waals surface area contributed by atoms with Gasteiger partial charge in [0.2, 0.25) is 11.8 Å². The summed E-state index contributed by atoms with van der Waals surface area (Å²) in [6.45, 7) is 16.0. The van der Waals surface area contributed by atoms with E-state index in [2.05, 4.69) is 67.1 Å². The van der Waals surface area contributed by atoms with Crippen molar-refractivity contribution in [3.05, 3.63) is 47.5 Å². The van der Waals surface area contributed by atoms with Crippen molar-refractivity contribution in [2.24, 2.45) is 0 Å². The van der Waals surface area contributed by atoms with E-state index < -0.39 is 13.7 Å². The Kier molecular flexibility index (Phi) is 8.01. The smallest absolute Gasteiger partial charge is 0.329 e. The van der Waals surface area contributed by atoms with Gasteiger partial charge in [-0.2, -0.15) is 10.2 Å². The number of nitrogens with one attached hydrogen (secondary N) is 1. The van der Waals surface area contributed by atoms with Gasteiger partial charge in [-0.15, -0.1) is 0 Å². The number of methoxy groups -OCH3 is 1. The summed E-state index contributed by atoms with van der Waals surface area (Å²) in [6.07, 6.45) is 4.02. The molecule has 40 heavy (non-hydrogen) atoms. The average Bonchev–Trinajstić information content (AvgIpc) is 3.19. The number of hydrogen-bond donors (Lipinski definition) is 1. The van der Waals surface area contributed by atoms with Crippen molar-refractivity contribution in [3.8, 4) is 23.2 Å². The molecule has 3 heterocycles. The fraction of sp³-hybridized carbons (Fsp3) is 0.429. The average molecular weight is 557 g/mol. The molecular formula is C28H35BN7O3Si. The summed E-state index contributed by atoms with van der Waals surface area (Å²) < 4.78 is 12.0. The van der Waals surface area contributed by atoms with Crippen molar-refractivity contribution in [3.63, 3.8) is 0 Å². The van der Waals surface area contributed by atoms with Crippen molar-refractivity contribution >= 4 is 39.2 Å². The Bertz CT molecular complexity index is 1470. The number of carbonyl (C=O) groups is 1. The van der Waals surface area contributed by atoms with Crippen LogP contribution in [0, 0.1) is 18.3 Å². The highest BCUT2D eigenvalue weighted by Gasteiger charge is 2.44. The third-order valence-electron chi connectivity index (χ3n) is 7.75. The SMILES string of the molecule is COc1nc(C)ncc1Nc1nccc(-c2cc(C#N)c3c(c2)[C@@](C)(CO[Si](C)(C)C(C)(C)C)CN3[B]C=O)n1. The van der Waals surface area contributed by atoms with E-state index in [0.717, 1.165) is 23.0 Å². The van der Waals surface area contributed by atoms with Crippen LogP contribution >= 0.6 is 0 Å². The summed E-state index contributed by atoms with van der Waals surface area (Å²) in [4.78, 5) is 31.0. The number of nitriles is 1. The molecule has 1 aromatic carbocycles. The predicted octanol–water partition coefficient (Wildman–Crippen LogP) is 4.77. The number of aryl methyl sites for hydroxylation is 1. The van der Waals surface area contributed by atoms with E-state index in [0.29, 0.717) is 47.7 Å². The Morgan fingerprint density at radius 3 is 2.67 bits per heavy atom. The van der Waals surface area contributed by atoms with Gasteiger partial charge in [0.1, 0.15) is 23.8 Å². The van der Waals surface area contributed by atoms with E-state index in [9.17, 15) is 10.1 Å². The molecule has 4 rings (SSSR count). The Labute approximate surface area is 237 Å². The van der Waals surface area contributed by atoms with E-state index in [1.807, 2.05) is 10.9 Å². The normalized spacial score (nSPS) is 16.7. The molecule has 0 spiro atoms. The molecule has 1 N–H and O–H groups in total. The number of rotatable bonds is 9. The minimum absolute atomic E-state index is 0.0502. The van der Waals surface area contributed by atoms with Gasteiger partial charge in [0.15, 0.2) is 8.32 Å². The van der Waals surface area contributed by atoms with Gasteiger partial charge in [-0.1, -0.05) is 27.7 Å². The topological polar surface area (TPSA) is 126 Å². The maximum absolute atomic E-state index is 11.5. The first kappa shape index (κ1) is 29.2. The van der Waals surface area contributed by atoms with Crippen LogP contribution < -0.4 is 14.9 Å². The first-order valence-electron chi connectivity index (χ1n) is 13.1. The zero-order chi connectivity index (χ0) is 29.3. The van der Waals surface area contributed by atoms with Crippen LogP contribution in [0.3, 0.4) is 0 Å². The lowest BCUT2D eigenvalue weighted by molar-refractivity contribution is 0.219. The molecule has 3 aromatic rings. The Balaban J connectivity index is 1.75. The molecule has 0 fully saturated rings. The Hall–Kier alpha value is -3.82. The largest absolute Gasteiger partial charge is 0.479 e. The molecule has 1 aliphatic heterocycles. The first-order valence-corrected chi connectivity index (χ1v) is 16.0. The minimum atomic E-state index is -2.05. The van der Waals surface area contributed by atoms with Crippen molar-refractivity contribution in [1.82, 2.24) is 19.9 Å². The predicted molar refractivity (Wildman–Crippen MR) is 159 cm³/mol. The zero-order valence-corrected chi connectivity index (χ0v) is 25.4. The fourth-order valence-electron chi connectivity index (χ4n) is 4.45. The molecule has 0 saturated carbocycles. The van der Waals surface area contributed by atoms with E-state index in [1.54, 1.807) is 31.5 Å². The third kappa shape index (κ3) is 5.71. The zero-order valence-electron chi connectivity index (χ0n) is 24.4. The van der Waals surface area contributed by atoms with Gasteiger partial charge in [0.25, 0.3) is 0 Å². The van der Waals surface area contributed by atoms with Gasteiger partial charge in [0, 0.05) is 36.0 Å². The summed E-state index contributed by atoms with van der Waals surface area (Å²) >= 11 is 0. The van der Waals surface area contributed by atoms with Crippen molar-refractivity contribution in [1.29, 1.82) is 5.26 Å². The van der Waals surface area contributed by atoms with E-state index in [1.165, 1.54) is 14.5 Å². The molecule has 10 nitrogen and oxygen atoms in total. The number of nitrogens with zero attached hydrogens (tertiary/aromatic N) is 6. The molecule has 1 radical (unpaired) electrons. The summed E-state index contributed by atoms with van der Waals surface area (Å²) in [5.74, 6) is 1.30. The summed E-state index contributed by atoms with van der Waals surface area (Å²) in [5.41, 5.74) is 3.62. The Morgan fingerprint density at radius 2 is 2.02 bits per heavy atom. The summed E-state index contributed by atoms with van der Waals surface area (Å²) in [6, 6.07) is 7.97. The lowest BCUT2D eigenvalue weighted by Gasteiger charge is -2.39. The van der Waals surface area contributed by atoms with Gasteiger partial charge in [-0.25, -0.2) is 15.0 Å². The molecule has 0 unspecified atom stereocenters. The molecule has 207 valence electrons. The monoisotopic (exact) mass is 556 g/mol. The number of benzene rings is 1. The van der Waals surface area contributed by atoms with Gasteiger partial charge >= 0.3 is 7.41 Å². The fourth-order valence-corrected chi connectivity index (χ4v) is 5.56. The molecule has 0 amide bonds. The standard InChI is InChI=1S/C28H35BN7O3Si/c1-18-32-14-23(25(33-18)38-6)35-26-31-10-9-22(34-26)19-11-20(13-30)24-21(12-19)28(5,15-36(24)29-17-37)16-39-40(7,8)27(2,3)4/h9-12,14,17H,15-16H2,1-8H3,(H,31,34,35)/t28-/m1/s1.